The summed E-state index contributed by atoms with van der Waals surface area (Å²) in [7, 11) is 0. The maximum absolute atomic E-state index is 12.4. The van der Waals surface area contributed by atoms with Gasteiger partial charge in [0.05, 0.1) is 6.10 Å². The number of nitrogens with one attached hydrogen (secondary N) is 2. The third-order valence-corrected chi connectivity index (χ3v) is 3.82. The number of rotatable bonds is 4. The second kappa shape index (κ2) is 6.94. The number of carbonyl (C=O) groups is 1. The summed E-state index contributed by atoms with van der Waals surface area (Å²) in [5, 5.41) is 6.43. The van der Waals surface area contributed by atoms with Gasteiger partial charge in [0, 0.05) is 17.6 Å². The Morgan fingerprint density at radius 3 is 2.81 bits per heavy atom. The zero-order chi connectivity index (χ0) is 15.4. The Hall–Kier alpha value is -1.55. The summed E-state index contributed by atoms with van der Waals surface area (Å²) in [6, 6.07) is 6.22. The number of hydrogen-bond donors (Lipinski definition) is 2. The van der Waals surface area contributed by atoms with E-state index in [4.69, 9.17) is 4.74 Å². The molecule has 2 atom stereocenters. The Kier molecular flexibility index (Phi) is 5.23. The van der Waals surface area contributed by atoms with Crippen LogP contribution in [0.2, 0.25) is 0 Å². The molecule has 1 saturated heterocycles. The number of ether oxygens (including phenoxy) is 1. The van der Waals surface area contributed by atoms with Crippen LogP contribution >= 0.6 is 0 Å². The second-order valence-corrected chi connectivity index (χ2v) is 6.21. The van der Waals surface area contributed by atoms with Gasteiger partial charge in [-0.2, -0.15) is 0 Å². The molecule has 0 bridgehead atoms. The van der Waals surface area contributed by atoms with Crippen LogP contribution in [0.5, 0.6) is 5.75 Å². The third-order valence-electron chi connectivity index (χ3n) is 3.82. The normalized spacial score (nSPS) is 22.1. The average Bonchev–Trinajstić information content (AvgIpc) is 2.41. The van der Waals surface area contributed by atoms with Crippen molar-refractivity contribution in [1.29, 1.82) is 0 Å². The van der Waals surface area contributed by atoms with Crippen LogP contribution in [-0.4, -0.2) is 24.6 Å². The van der Waals surface area contributed by atoms with Gasteiger partial charge < -0.3 is 15.4 Å². The Labute approximate surface area is 127 Å². The van der Waals surface area contributed by atoms with Crippen molar-refractivity contribution >= 4 is 11.6 Å². The molecule has 1 aromatic rings. The highest BCUT2D eigenvalue weighted by molar-refractivity contribution is 5.93. The highest BCUT2D eigenvalue weighted by Gasteiger charge is 2.24. The maximum atomic E-state index is 12.4. The zero-order valence-electron chi connectivity index (χ0n) is 13.4. The summed E-state index contributed by atoms with van der Waals surface area (Å²) in [5.74, 6) is 1.08. The first kappa shape index (κ1) is 15.8. The van der Waals surface area contributed by atoms with Gasteiger partial charge in [0.15, 0.2) is 0 Å². The fourth-order valence-corrected chi connectivity index (χ4v) is 2.73. The van der Waals surface area contributed by atoms with E-state index in [0.29, 0.717) is 6.04 Å². The minimum atomic E-state index is 0.104. The lowest BCUT2D eigenvalue weighted by molar-refractivity contribution is -0.120. The minimum absolute atomic E-state index is 0.104. The molecular formula is C17H26N2O2. The van der Waals surface area contributed by atoms with E-state index in [0.717, 1.165) is 36.4 Å². The van der Waals surface area contributed by atoms with Crippen LogP contribution in [0.1, 0.15) is 39.2 Å². The van der Waals surface area contributed by atoms with E-state index in [9.17, 15) is 4.79 Å². The second-order valence-electron chi connectivity index (χ2n) is 6.21. The fraction of sp³-hybridized carbons (Fsp3) is 0.588. The van der Waals surface area contributed by atoms with Crippen molar-refractivity contribution in [2.24, 2.45) is 5.92 Å². The van der Waals surface area contributed by atoms with Gasteiger partial charge in [-0.05, 0) is 70.8 Å². The molecule has 0 spiro atoms. The molecule has 2 unspecified atom stereocenters. The van der Waals surface area contributed by atoms with Crippen molar-refractivity contribution in [3.8, 4) is 5.75 Å². The van der Waals surface area contributed by atoms with Crippen molar-refractivity contribution in [3.05, 3.63) is 23.8 Å². The van der Waals surface area contributed by atoms with Crippen LogP contribution in [0.15, 0.2) is 18.2 Å². The summed E-state index contributed by atoms with van der Waals surface area (Å²) in [6.07, 6.45) is 1.96. The smallest absolute Gasteiger partial charge is 0.227 e. The summed E-state index contributed by atoms with van der Waals surface area (Å²) >= 11 is 0. The van der Waals surface area contributed by atoms with Gasteiger partial charge in [-0.25, -0.2) is 0 Å². The van der Waals surface area contributed by atoms with Gasteiger partial charge in [0.1, 0.15) is 5.75 Å². The van der Waals surface area contributed by atoms with Crippen molar-refractivity contribution in [1.82, 2.24) is 5.32 Å². The largest absolute Gasteiger partial charge is 0.491 e. The van der Waals surface area contributed by atoms with E-state index in [2.05, 4.69) is 17.6 Å². The maximum Gasteiger partial charge on any atom is 0.227 e. The van der Waals surface area contributed by atoms with Crippen molar-refractivity contribution in [2.75, 3.05) is 11.9 Å². The molecule has 0 aromatic heterocycles. The highest BCUT2D eigenvalue weighted by Crippen LogP contribution is 2.24. The molecule has 1 aliphatic rings. The molecular weight excluding hydrogens is 264 g/mol. The van der Waals surface area contributed by atoms with E-state index >= 15 is 0 Å². The van der Waals surface area contributed by atoms with E-state index in [1.165, 1.54) is 0 Å². The molecule has 116 valence electrons. The number of carbonyl (C=O) groups excluding carboxylic acids is 1. The summed E-state index contributed by atoms with van der Waals surface area (Å²) in [5.41, 5.74) is 1.91. The molecule has 2 rings (SSSR count). The Morgan fingerprint density at radius 2 is 2.19 bits per heavy atom. The van der Waals surface area contributed by atoms with Crippen LogP contribution in [0.4, 0.5) is 5.69 Å². The first-order valence-electron chi connectivity index (χ1n) is 7.77. The van der Waals surface area contributed by atoms with Gasteiger partial charge in [0.2, 0.25) is 5.91 Å². The fourth-order valence-electron chi connectivity index (χ4n) is 2.73. The van der Waals surface area contributed by atoms with E-state index in [1.54, 1.807) is 0 Å². The van der Waals surface area contributed by atoms with Gasteiger partial charge in [-0.1, -0.05) is 0 Å². The number of hydrogen-bond acceptors (Lipinski definition) is 3. The van der Waals surface area contributed by atoms with Crippen LogP contribution < -0.4 is 15.4 Å². The molecule has 4 nitrogen and oxygen atoms in total. The number of amides is 1. The van der Waals surface area contributed by atoms with Gasteiger partial charge >= 0.3 is 0 Å². The molecule has 1 aliphatic heterocycles. The number of benzene rings is 1. The Bertz CT molecular complexity index is 500. The lowest BCUT2D eigenvalue weighted by Gasteiger charge is -2.27. The first-order valence-corrected chi connectivity index (χ1v) is 7.77. The molecule has 1 heterocycles. The number of aryl methyl sites for hydroxylation is 1. The molecule has 0 radical (unpaired) electrons. The molecule has 21 heavy (non-hydrogen) atoms. The molecule has 1 aromatic carbocycles. The lowest BCUT2D eigenvalue weighted by atomic mass is 9.92. The lowest BCUT2D eigenvalue weighted by Crippen LogP contribution is -2.40. The Balaban J connectivity index is 2.00. The topological polar surface area (TPSA) is 50.4 Å². The van der Waals surface area contributed by atoms with Crippen LogP contribution in [0, 0.1) is 12.8 Å². The van der Waals surface area contributed by atoms with Gasteiger partial charge in [-0.3, -0.25) is 4.79 Å². The average molecular weight is 290 g/mol. The first-order chi connectivity index (χ1) is 9.95. The quantitative estimate of drug-likeness (QED) is 0.896. The van der Waals surface area contributed by atoms with Crippen molar-refractivity contribution in [3.63, 3.8) is 0 Å². The van der Waals surface area contributed by atoms with Crippen LogP contribution in [0.25, 0.3) is 0 Å². The summed E-state index contributed by atoms with van der Waals surface area (Å²) in [4.78, 5) is 12.4. The predicted molar refractivity (Wildman–Crippen MR) is 85.8 cm³/mol. The molecule has 0 saturated carbocycles. The van der Waals surface area contributed by atoms with Crippen LogP contribution in [-0.2, 0) is 4.79 Å². The number of piperidine rings is 1. The van der Waals surface area contributed by atoms with E-state index in [-0.39, 0.29) is 17.9 Å². The monoisotopic (exact) mass is 290 g/mol. The molecule has 4 heteroatoms. The standard InChI is InChI=1S/C17H26N2O2/c1-11(2)21-15-5-6-16(12(3)9-15)19-17(20)14-7-8-18-13(4)10-14/h5-6,9,11,13-14,18H,7-8,10H2,1-4H3,(H,19,20). The van der Waals surface area contributed by atoms with Crippen molar-refractivity contribution in [2.45, 2.75) is 52.7 Å². The van der Waals surface area contributed by atoms with Gasteiger partial charge in [-0.15, -0.1) is 0 Å². The van der Waals surface area contributed by atoms with Crippen molar-refractivity contribution < 1.29 is 9.53 Å². The minimum Gasteiger partial charge on any atom is -0.491 e. The van der Waals surface area contributed by atoms with E-state index < -0.39 is 0 Å². The van der Waals surface area contributed by atoms with Gasteiger partial charge in [0.25, 0.3) is 0 Å². The molecule has 0 aliphatic carbocycles. The zero-order valence-corrected chi connectivity index (χ0v) is 13.4. The highest BCUT2D eigenvalue weighted by atomic mass is 16.5. The summed E-state index contributed by atoms with van der Waals surface area (Å²) < 4.78 is 5.66. The molecule has 1 amide bonds. The van der Waals surface area contributed by atoms with Crippen LogP contribution in [0.3, 0.4) is 0 Å². The molecule has 2 N–H and O–H groups in total. The Morgan fingerprint density at radius 1 is 1.43 bits per heavy atom. The van der Waals surface area contributed by atoms with E-state index in [1.807, 2.05) is 39.0 Å². The predicted octanol–water partition coefficient (Wildman–Crippen LogP) is 3.11. The summed E-state index contributed by atoms with van der Waals surface area (Å²) in [6.45, 7) is 9.04. The third kappa shape index (κ3) is 4.46. The number of anilines is 1. The SMILES string of the molecule is Cc1cc(OC(C)C)ccc1NC(=O)C1CCNC(C)C1. The molecule has 1 fully saturated rings.